The van der Waals surface area contributed by atoms with Crippen molar-refractivity contribution in [2.45, 2.75) is 58.8 Å². The fourth-order valence-corrected chi connectivity index (χ4v) is 3.51. The molecule has 1 aliphatic rings. The van der Waals surface area contributed by atoms with Crippen molar-refractivity contribution in [3.63, 3.8) is 0 Å². The number of aldehydes is 1. The second-order valence-electron chi connectivity index (χ2n) is 7.37. The minimum absolute atomic E-state index is 0.0257. The SMILES string of the molecule is CC(=O)c1cc2c(cc1C=O)C(C)(C)C(C)CC2(C)C. The molecule has 0 saturated heterocycles. The number of carbonyl (C=O) groups excluding carboxylic acids is 2. The zero-order valence-corrected chi connectivity index (χ0v) is 13.3. The number of rotatable bonds is 2. The Morgan fingerprint density at radius 1 is 1.20 bits per heavy atom. The van der Waals surface area contributed by atoms with Gasteiger partial charge in [-0.15, -0.1) is 0 Å². The van der Waals surface area contributed by atoms with Gasteiger partial charge in [0.05, 0.1) is 0 Å². The molecule has 2 nitrogen and oxygen atoms in total. The second-order valence-corrected chi connectivity index (χ2v) is 7.37. The summed E-state index contributed by atoms with van der Waals surface area (Å²) in [6.07, 6.45) is 1.89. The van der Waals surface area contributed by atoms with Crippen LogP contribution in [0, 0.1) is 5.92 Å². The highest BCUT2D eigenvalue weighted by Crippen LogP contribution is 2.49. The predicted octanol–water partition coefficient (Wildman–Crippen LogP) is 4.30. The van der Waals surface area contributed by atoms with Gasteiger partial charge in [-0.3, -0.25) is 9.59 Å². The van der Waals surface area contributed by atoms with Crippen molar-refractivity contribution < 1.29 is 9.59 Å². The molecule has 2 rings (SSSR count). The molecule has 0 aromatic heterocycles. The van der Waals surface area contributed by atoms with E-state index in [1.54, 1.807) is 0 Å². The molecule has 0 saturated carbocycles. The molecule has 1 aromatic carbocycles. The summed E-state index contributed by atoms with van der Waals surface area (Å²) >= 11 is 0. The molecule has 0 aliphatic heterocycles. The van der Waals surface area contributed by atoms with Crippen LogP contribution in [0.2, 0.25) is 0 Å². The van der Waals surface area contributed by atoms with Gasteiger partial charge in [0, 0.05) is 11.1 Å². The summed E-state index contributed by atoms with van der Waals surface area (Å²) in [5, 5.41) is 0. The fourth-order valence-electron chi connectivity index (χ4n) is 3.51. The van der Waals surface area contributed by atoms with Gasteiger partial charge in [-0.2, -0.15) is 0 Å². The lowest BCUT2D eigenvalue weighted by Crippen LogP contribution is -2.40. The molecule has 0 heterocycles. The average Bonchev–Trinajstić information content (AvgIpc) is 2.34. The molecular formula is C18H24O2. The largest absolute Gasteiger partial charge is 0.298 e. The summed E-state index contributed by atoms with van der Waals surface area (Å²) < 4.78 is 0. The highest BCUT2D eigenvalue weighted by molar-refractivity contribution is 6.01. The van der Waals surface area contributed by atoms with E-state index in [4.69, 9.17) is 0 Å². The number of Topliss-reactive ketones (excluding diaryl/α,β-unsaturated/α-hetero) is 1. The summed E-state index contributed by atoms with van der Waals surface area (Å²) in [7, 11) is 0. The first-order chi connectivity index (χ1) is 9.11. The fraction of sp³-hybridized carbons (Fsp3) is 0.556. The third-order valence-corrected chi connectivity index (χ3v) is 5.17. The Balaban J connectivity index is 2.80. The molecular weight excluding hydrogens is 248 g/mol. The maximum Gasteiger partial charge on any atom is 0.160 e. The predicted molar refractivity (Wildman–Crippen MR) is 81.7 cm³/mol. The van der Waals surface area contributed by atoms with Gasteiger partial charge >= 0.3 is 0 Å². The minimum Gasteiger partial charge on any atom is -0.298 e. The normalized spacial score (nSPS) is 23.0. The zero-order valence-electron chi connectivity index (χ0n) is 13.3. The van der Waals surface area contributed by atoms with Crippen LogP contribution in [0.15, 0.2) is 12.1 Å². The van der Waals surface area contributed by atoms with Crippen LogP contribution in [-0.2, 0) is 10.8 Å². The summed E-state index contributed by atoms with van der Waals surface area (Å²) in [4.78, 5) is 23.1. The Hall–Kier alpha value is -1.44. The van der Waals surface area contributed by atoms with Crippen molar-refractivity contribution in [1.82, 2.24) is 0 Å². The first-order valence-electron chi connectivity index (χ1n) is 7.26. The molecule has 1 aromatic rings. The van der Waals surface area contributed by atoms with Gasteiger partial charge in [-0.1, -0.05) is 34.6 Å². The van der Waals surface area contributed by atoms with Gasteiger partial charge in [0.15, 0.2) is 12.1 Å². The molecule has 1 unspecified atom stereocenters. The number of fused-ring (bicyclic) bond motifs is 1. The lowest BCUT2D eigenvalue weighted by molar-refractivity contribution is 0.100. The Bertz CT molecular complexity index is 579. The maximum atomic E-state index is 11.8. The zero-order chi connectivity index (χ0) is 15.3. The van der Waals surface area contributed by atoms with Crippen molar-refractivity contribution in [1.29, 1.82) is 0 Å². The molecule has 0 N–H and O–H groups in total. The lowest BCUT2D eigenvalue weighted by atomic mass is 9.58. The molecule has 0 fully saturated rings. The number of benzene rings is 1. The van der Waals surface area contributed by atoms with E-state index in [2.05, 4.69) is 34.6 Å². The second kappa shape index (κ2) is 4.54. The summed E-state index contributed by atoms with van der Waals surface area (Å²) in [6.45, 7) is 12.7. The first kappa shape index (κ1) is 15.0. The maximum absolute atomic E-state index is 11.8. The van der Waals surface area contributed by atoms with E-state index >= 15 is 0 Å². The molecule has 1 atom stereocenters. The Labute approximate surface area is 121 Å². The van der Waals surface area contributed by atoms with Crippen LogP contribution in [0.4, 0.5) is 0 Å². The van der Waals surface area contributed by atoms with Gasteiger partial charge in [-0.05, 0) is 53.4 Å². The minimum atomic E-state index is -0.0397. The van der Waals surface area contributed by atoms with Crippen molar-refractivity contribution in [2.75, 3.05) is 0 Å². The van der Waals surface area contributed by atoms with Crippen LogP contribution in [0.5, 0.6) is 0 Å². The monoisotopic (exact) mass is 272 g/mol. The van der Waals surface area contributed by atoms with Crippen LogP contribution in [-0.4, -0.2) is 12.1 Å². The molecule has 20 heavy (non-hydrogen) atoms. The topological polar surface area (TPSA) is 34.1 Å². The number of hydrogen-bond donors (Lipinski definition) is 0. The highest BCUT2D eigenvalue weighted by atomic mass is 16.1. The summed E-state index contributed by atoms with van der Waals surface area (Å²) in [5.74, 6) is 0.495. The lowest BCUT2D eigenvalue weighted by Gasteiger charge is -2.46. The van der Waals surface area contributed by atoms with E-state index in [1.165, 1.54) is 18.1 Å². The van der Waals surface area contributed by atoms with Crippen LogP contribution < -0.4 is 0 Å². The first-order valence-corrected chi connectivity index (χ1v) is 7.26. The molecule has 2 heteroatoms. The third-order valence-electron chi connectivity index (χ3n) is 5.17. The van der Waals surface area contributed by atoms with E-state index in [9.17, 15) is 9.59 Å². The Morgan fingerprint density at radius 2 is 1.80 bits per heavy atom. The molecule has 0 radical (unpaired) electrons. The third kappa shape index (κ3) is 2.11. The van der Waals surface area contributed by atoms with Crippen LogP contribution in [0.1, 0.15) is 79.8 Å². The van der Waals surface area contributed by atoms with E-state index in [0.29, 0.717) is 17.0 Å². The molecule has 108 valence electrons. The van der Waals surface area contributed by atoms with E-state index in [0.717, 1.165) is 12.7 Å². The van der Waals surface area contributed by atoms with Crippen molar-refractivity contribution in [3.05, 3.63) is 34.4 Å². The van der Waals surface area contributed by atoms with Crippen LogP contribution >= 0.6 is 0 Å². The van der Waals surface area contributed by atoms with Gasteiger partial charge in [0.1, 0.15) is 0 Å². The van der Waals surface area contributed by atoms with E-state index in [-0.39, 0.29) is 16.6 Å². The number of hydrogen-bond acceptors (Lipinski definition) is 2. The van der Waals surface area contributed by atoms with Gasteiger partial charge < -0.3 is 0 Å². The van der Waals surface area contributed by atoms with Crippen molar-refractivity contribution in [2.24, 2.45) is 5.92 Å². The van der Waals surface area contributed by atoms with Gasteiger partial charge in [-0.25, -0.2) is 0 Å². The number of ketones is 1. The van der Waals surface area contributed by atoms with Crippen LogP contribution in [0.25, 0.3) is 0 Å². The average molecular weight is 272 g/mol. The standard InChI is InChI=1S/C18H24O2/c1-11-9-17(3,4)15-8-14(12(2)20)13(10-19)7-16(15)18(11,5)6/h7-8,10-11H,9H2,1-6H3. The van der Waals surface area contributed by atoms with E-state index < -0.39 is 0 Å². The highest BCUT2D eigenvalue weighted by Gasteiger charge is 2.42. The van der Waals surface area contributed by atoms with Crippen molar-refractivity contribution in [3.8, 4) is 0 Å². The van der Waals surface area contributed by atoms with Crippen LogP contribution in [0.3, 0.4) is 0 Å². The van der Waals surface area contributed by atoms with Gasteiger partial charge in [0.2, 0.25) is 0 Å². The Morgan fingerprint density at radius 3 is 2.30 bits per heavy atom. The summed E-state index contributed by atoms with van der Waals surface area (Å²) in [5.41, 5.74) is 3.57. The number of carbonyl (C=O) groups is 2. The Kier molecular flexibility index (Phi) is 3.40. The van der Waals surface area contributed by atoms with Crippen molar-refractivity contribution >= 4 is 12.1 Å². The summed E-state index contributed by atoms with van der Waals surface area (Å²) in [6, 6.07) is 3.89. The molecule has 0 bridgehead atoms. The molecule has 1 aliphatic carbocycles. The quantitative estimate of drug-likeness (QED) is 0.594. The molecule has 0 spiro atoms. The van der Waals surface area contributed by atoms with E-state index in [1.807, 2.05) is 12.1 Å². The smallest absolute Gasteiger partial charge is 0.160 e. The van der Waals surface area contributed by atoms with Gasteiger partial charge in [0.25, 0.3) is 0 Å². The molecule has 0 amide bonds.